The van der Waals surface area contributed by atoms with Gasteiger partial charge in [0.05, 0.1) is 0 Å². The van der Waals surface area contributed by atoms with Crippen LogP contribution in [0.4, 0.5) is 0 Å². The fourth-order valence-corrected chi connectivity index (χ4v) is 5.08. The van der Waals surface area contributed by atoms with Crippen LogP contribution in [0.5, 0.6) is 0 Å². The highest BCUT2D eigenvalue weighted by atomic mass is 32.1. The Morgan fingerprint density at radius 1 is 0.889 bits per heavy atom. The zero-order valence-electron chi connectivity index (χ0n) is 12.4. The smallest absolute Gasteiger partial charge is 0.373 e. The molecule has 0 heterocycles. The van der Waals surface area contributed by atoms with Crippen LogP contribution in [-0.4, -0.2) is 34.4 Å². The van der Waals surface area contributed by atoms with Crippen molar-refractivity contribution in [1.82, 2.24) is 0 Å². The van der Waals surface area contributed by atoms with Gasteiger partial charge in [0.1, 0.15) is 0 Å². The number of hydrogen-bond acceptors (Lipinski definition) is 4. The molecule has 18 heavy (non-hydrogen) atoms. The zero-order valence-corrected chi connectivity index (χ0v) is 14.3. The lowest BCUT2D eigenvalue weighted by Gasteiger charge is -2.31. The molecule has 0 radical (unpaired) electrons. The monoisotopic (exact) mass is 294 g/mol. The van der Waals surface area contributed by atoms with Gasteiger partial charge in [-0.3, -0.25) is 0 Å². The lowest BCUT2D eigenvalue weighted by Crippen LogP contribution is -2.48. The maximum absolute atomic E-state index is 6.02. The molecule has 110 valence electrons. The lowest BCUT2D eigenvalue weighted by atomic mass is 10.3. The van der Waals surface area contributed by atoms with E-state index >= 15 is 0 Å². The van der Waals surface area contributed by atoms with Gasteiger partial charge in [0, 0.05) is 25.9 Å². The molecular formula is C13H30O3SSi. The van der Waals surface area contributed by atoms with Crippen molar-refractivity contribution in [3.63, 3.8) is 0 Å². The minimum absolute atomic E-state index is 0.463. The van der Waals surface area contributed by atoms with Crippen LogP contribution in [0.2, 0.25) is 6.04 Å². The van der Waals surface area contributed by atoms with Crippen molar-refractivity contribution in [1.29, 1.82) is 0 Å². The Morgan fingerprint density at radius 3 is 1.56 bits per heavy atom. The first-order valence-electron chi connectivity index (χ1n) is 7.16. The number of hydrogen-bond donors (Lipinski definition) is 1. The summed E-state index contributed by atoms with van der Waals surface area (Å²) in [6.07, 6.45) is 2.99. The van der Waals surface area contributed by atoms with E-state index in [1.165, 1.54) is 0 Å². The molecule has 0 aliphatic carbocycles. The van der Waals surface area contributed by atoms with Crippen LogP contribution >= 0.6 is 12.6 Å². The maximum Gasteiger partial charge on any atom is 0.501 e. The molecule has 0 aromatic rings. The van der Waals surface area contributed by atoms with Gasteiger partial charge < -0.3 is 13.3 Å². The normalized spacial score (nSPS) is 13.8. The quantitative estimate of drug-likeness (QED) is 0.438. The Bertz CT molecular complexity index is 171. The van der Waals surface area contributed by atoms with Gasteiger partial charge in [-0.15, -0.1) is 0 Å². The van der Waals surface area contributed by atoms with Crippen LogP contribution in [0.1, 0.15) is 47.0 Å². The van der Waals surface area contributed by atoms with Crippen molar-refractivity contribution >= 4 is 21.4 Å². The number of thiol groups is 1. The van der Waals surface area contributed by atoms with Crippen LogP contribution in [0.25, 0.3) is 0 Å². The van der Waals surface area contributed by atoms with Gasteiger partial charge >= 0.3 is 8.80 Å². The minimum atomic E-state index is -2.49. The molecule has 0 saturated heterocycles. The molecule has 0 N–H and O–H groups in total. The molecule has 3 nitrogen and oxygen atoms in total. The molecule has 1 atom stereocenters. The summed E-state index contributed by atoms with van der Waals surface area (Å²) in [4.78, 5) is 0. The van der Waals surface area contributed by atoms with E-state index < -0.39 is 8.80 Å². The van der Waals surface area contributed by atoms with Crippen molar-refractivity contribution in [2.75, 3.05) is 25.6 Å². The van der Waals surface area contributed by atoms with E-state index in [0.29, 0.717) is 5.92 Å². The SMILES string of the molecule is CCCO[Si](CC(C)CS)(OCCC)OCCC. The fourth-order valence-electron chi connectivity index (χ4n) is 1.57. The van der Waals surface area contributed by atoms with E-state index in [-0.39, 0.29) is 0 Å². The highest BCUT2D eigenvalue weighted by molar-refractivity contribution is 7.80. The zero-order chi connectivity index (χ0) is 13.9. The van der Waals surface area contributed by atoms with E-state index in [2.05, 4.69) is 40.3 Å². The summed E-state index contributed by atoms with van der Waals surface area (Å²) in [5, 5.41) is 0. The second kappa shape index (κ2) is 11.3. The van der Waals surface area contributed by atoms with Crippen molar-refractivity contribution in [2.24, 2.45) is 5.92 Å². The molecule has 0 aromatic heterocycles. The van der Waals surface area contributed by atoms with E-state index in [4.69, 9.17) is 13.3 Å². The second-order valence-corrected chi connectivity index (χ2v) is 7.73. The molecule has 0 fully saturated rings. The largest absolute Gasteiger partial charge is 0.501 e. The van der Waals surface area contributed by atoms with E-state index in [0.717, 1.165) is 50.9 Å². The summed E-state index contributed by atoms with van der Waals surface area (Å²) in [5.74, 6) is 1.31. The average Bonchev–Trinajstić information content (AvgIpc) is 2.40. The molecule has 0 saturated carbocycles. The fraction of sp³-hybridized carbons (Fsp3) is 1.00. The van der Waals surface area contributed by atoms with E-state index in [1.54, 1.807) is 0 Å². The summed E-state index contributed by atoms with van der Waals surface area (Å²) in [5.41, 5.74) is 0. The molecule has 0 bridgehead atoms. The third-order valence-corrected chi connectivity index (χ3v) is 6.24. The summed E-state index contributed by atoms with van der Waals surface area (Å²) in [6, 6.07) is 0.872. The van der Waals surface area contributed by atoms with Gasteiger partial charge in [-0.1, -0.05) is 27.7 Å². The summed E-state index contributed by atoms with van der Waals surface area (Å²) in [7, 11) is -2.49. The topological polar surface area (TPSA) is 27.7 Å². The highest BCUT2D eigenvalue weighted by Gasteiger charge is 2.42. The molecule has 5 heteroatoms. The maximum atomic E-state index is 6.02. The Morgan fingerprint density at radius 2 is 1.28 bits per heavy atom. The molecule has 0 spiro atoms. The molecule has 0 aliphatic heterocycles. The molecule has 0 rings (SSSR count). The Kier molecular flexibility index (Phi) is 11.6. The molecular weight excluding hydrogens is 264 g/mol. The van der Waals surface area contributed by atoms with Gasteiger partial charge in [0.2, 0.25) is 0 Å². The van der Waals surface area contributed by atoms with Crippen molar-refractivity contribution < 1.29 is 13.3 Å². The van der Waals surface area contributed by atoms with Crippen LogP contribution < -0.4 is 0 Å². The molecule has 0 aromatic carbocycles. The Labute approximate surface area is 119 Å². The second-order valence-electron chi connectivity index (χ2n) is 4.72. The number of rotatable bonds is 12. The Hall–Kier alpha value is 0.447. The van der Waals surface area contributed by atoms with E-state index in [9.17, 15) is 0 Å². The molecule has 1 unspecified atom stereocenters. The van der Waals surface area contributed by atoms with Gasteiger partial charge in [0.15, 0.2) is 0 Å². The van der Waals surface area contributed by atoms with Crippen LogP contribution in [-0.2, 0) is 13.3 Å². The first-order valence-corrected chi connectivity index (χ1v) is 9.73. The minimum Gasteiger partial charge on any atom is -0.373 e. The van der Waals surface area contributed by atoms with Crippen LogP contribution in [0.3, 0.4) is 0 Å². The third-order valence-electron chi connectivity index (χ3n) is 2.49. The highest BCUT2D eigenvalue weighted by Crippen LogP contribution is 2.23. The predicted molar refractivity (Wildman–Crippen MR) is 82.3 cm³/mol. The summed E-state index contributed by atoms with van der Waals surface area (Å²) < 4.78 is 18.0. The predicted octanol–water partition coefficient (Wildman–Crippen LogP) is 3.77. The average molecular weight is 295 g/mol. The van der Waals surface area contributed by atoms with Gasteiger partial charge in [-0.2, -0.15) is 12.6 Å². The first kappa shape index (κ1) is 18.4. The summed E-state index contributed by atoms with van der Waals surface area (Å²) in [6.45, 7) is 10.7. The summed E-state index contributed by atoms with van der Waals surface area (Å²) >= 11 is 4.36. The van der Waals surface area contributed by atoms with Gasteiger partial charge in [-0.05, 0) is 30.9 Å². The first-order chi connectivity index (χ1) is 8.64. The standard InChI is InChI=1S/C13H30O3SSi/c1-5-8-14-18(15-9-6-2,16-10-7-3)12-13(4)11-17/h13,17H,5-12H2,1-4H3. The molecule has 0 aliphatic rings. The lowest BCUT2D eigenvalue weighted by molar-refractivity contribution is 0.0565. The molecule has 0 amide bonds. The van der Waals surface area contributed by atoms with E-state index in [1.807, 2.05) is 0 Å². The van der Waals surface area contributed by atoms with Gasteiger partial charge in [-0.25, -0.2) is 0 Å². The van der Waals surface area contributed by atoms with Crippen molar-refractivity contribution in [3.8, 4) is 0 Å². The van der Waals surface area contributed by atoms with Crippen LogP contribution in [0.15, 0.2) is 0 Å². The Balaban J connectivity index is 4.61. The van der Waals surface area contributed by atoms with Crippen LogP contribution in [0, 0.1) is 5.92 Å². The third kappa shape index (κ3) is 7.79. The van der Waals surface area contributed by atoms with Crippen molar-refractivity contribution in [2.45, 2.75) is 53.0 Å². The van der Waals surface area contributed by atoms with Gasteiger partial charge in [0.25, 0.3) is 0 Å². The van der Waals surface area contributed by atoms with Crippen molar-refractivity contribution in [3.05, 3.63) is 0 Å².